The molecule has 0 aliphatic rings. The maximum absolute atomic E-state index is 12.6. The molecule has 0 atom stereocenters. The molecule has 0 bridgehead atoms. The highest BCUT2D eigenvalue weighted by molar-refractivity contribution is 5.99. The van der Waals surface area contributed by atoms with Crippen LogP contribution in [0.2, 0.25) is 0 Å². The summed E-state index contributed by atoms with van der Waals surface area (Å²) in [7, 11) is 0. The molecule has 0 saturated heterocycles. The van der Waals surface area contributed by atoms with Gasteiger partial charge in [-0.15, -0.1) is 0 Å². The van der Waals surface area contributed by atoms with Gasteiger partial charge in [0.05, 0.1) is 6.61 Å². The highest BCUT2D eigenvalue weighted by atomic mass is 16.3. The Morgan fingerprint density at radius 2 is 1.79 bits per heavy atom. The normalized spacial score (nSPS) is 10.7. The maximum Gasteiger partial charge on any atom is 0.227 e. The van der Waals surface area contributed by atoms with E-state index in [1.54, 1.807) is 6.20 Å². The summed E-state index contributed by atoms with van der Waals surface area (Å²) in [5.74, 6) is -0.422. The molecule has 0 spiro atoms. The number of hydrogen-bond donors (Lipinski definition) is 2. The summed E-state index contributed by atoms with van der Waals surface area (Å²) in [4.78, 5) is 30.7. The van der Waals surface area contributed by atoms with Gasteiger partial charge in [-0.3, -0.25) is 14.6 Å². The third-order valence-electron chi connectivity index (χ3n) is 4.78. The van der Waals surface area contributed by atoms with Gasteiger partial charge in [0.15, 0.2) is 0 Å². The number of carbonyl (C=O) groups excluding carboxylic acids is 2. The lowest BCUT2D eigenvalue weighted by atomic mass is 10.1. The van der Waals surface area contributed by atoms with Crippen LogP contribution in [0.4, 0.5) is 11.4 Å². The average molecular weight is 391 g/mol. The molecule has 0 saturated carbocycles. The van der Waals surface area contributed by atoms with Crippen molar-refractivity contribution in [2.45, 2.75) is 26.7 Å². The van der Waals surface area contributed by atoms with Crippen LogP contribution >= 0.6 is 0 Å². The van der Waals surface area contributed by atoms with Crippen molar-refractivity contribution in [1.29, 1.82) is 0 Å². The number of nitrogens with one attached hydrogen (secondary N) is 1. The highest BCUT2D eigenvalue weighted by Crippen LogP contribution is 2.21. The molecule has 3 aromatic rings. The Kier molecular flexibility index (Phi) is 6.57. The summed E-state index contributed by atoms with van der Waals surface area (Å²) in [6.07, 6.45) is 1.87. The highest BCUT2D eigenvalue weighted by Gasteiger charge is 2.16. The van der Waals surface area contributed by atoms with Crippen molar-refractivity contribution in [3.8, 4) is 0 Å². The number of aryl methyl sites for hydroxylation is 2. The van der Waals surface area contributed by atoms with Crippen LogP contribution in [-0.4, -0.2) is 35.1 Å². The van der Waals surface area contributed by atoms with Crippen LogP contribution in [0.5, 0.6) is 0 Å². The molecule has 2 amide bonds. The van der Waals surface area contributed by atoms with Gasteiger partial charge in [-0.2, -0.15) is 0 Å². The van der Waals surface area contributed by atoms with Crippen LogP contribution in [0.15, 0.2) is 54.7 Å². The van der Waals surface area contributed by atoms with Crippen LogP contribution < -0.4 is 10.2 Å². The number of aliphatic hydroxyl groups is 1. The van der Waals surface area contributed by atoms with Gasteiger partial charge in [-0.05, 0) is 49.6 Å². The van der Waals surface area contributed by atoms with Crippen molar-refractivity contribution >= 4 is 34.0 Å². The first kappa shape index (κ1) is 20.5. The molecule has 150 valence electrons. The number of anilines is 2. The lowest BCUT2D eigenvalue weighted by Crippen LogP contribution is -2.34. The van der Waals surface area contributed by atoms with Crippen LogP contribution in [0.25, 0.3) is 10.8 Å². The molecule has 0 unspecified atom stereocenters. The minimum absolute atomic E-state index is 0.0658. The van der Waals surface area contributed by atoms with Gasteiger partial charge in [0.2, 0.25) is 11.8 Å². The predicted octanol–water partition coefficient (Wildman–Crippen LogP) is 3.60. The van der Waals surface area contributed by atoms with E-state index in [1.165, 1.54) is 4.90 Å². The van der Waals surface area contributed by atoms with Crippen LogP contribution in [0.3, 0.4) is 0 Å². The van der Waals surface area contributed by atoms with Crippen molar-refractivity contribution < 1.29 is 14.7 Å². The van der Waals surface area contributed by atoms with Gasteiger partial charge in [0.1, 0.15) is 0 Å². The zero-order valence-electron chi connectivity index (χ0n) is 16.7. The van der Waals surface area contributed by atoms with Gasteiger partial charge in [0, 0.05) is 48.0 Å². The summed E-state index contributed by atoms with van der Waals surface area (Å²) in [6, 6.07) is 15.1. The van der Waals surface area contributed by atoms with E-state index < -0.39 is 0 Å². The maximum atomic E-state index is 12.6. The molecule has 29 heavy (non-hydrogen) atoms. The molecule has 1 heterocycles. The number of nitrogens with zero attached hydrogens (tertiary/aromatic N) is 2. The molecule has 0 fully saturated rings. The van der Waals surface area contributed by atoms with Crippen molar-refractivity contribution in [3.63, 3.8) is 0 Å². The Morgan fingerprint density at radius 3 is 2.52 bits per heavy atom. The minimum atomic E-state index is -0.226. The Labute approximate surface area is 170 Å². The molecular formula is C23H25N3O3. The topological polar surface area (TPSA) is 82.5 Å². The number of aliphatic hydroxyl groups excluding tert-OH is 1. The minimum Gasteiger partial charge on any atom is -0.395 e. The van der Waals surface area contributed by atoms with Gasteiger partial charge in [-0.25, -0.2) is 0 Å². The number of pyridine rings is 1. The molecule has 1 aromatic heterocycles. The zero-order chi connectivity index (χ0) is 20.8. The Hall–Kier alpha value is -3.25. The van der Waals surface area contributed by atoms with Crippen molar-refractivity contribution in [3.05, 3.63) is 66.0 Å². The second kappa shape index (κ2) is 9.30. The molecule has 3 rings (SSSR count). The number of aromatic nitrogens is 1. The standard InChI is InChI=1S/C23H25N3O3/c1-16-3-6-20(7-4-16)26(13-14-27)23(29)10-9-22(28)25-19-5-8-21-17(2)24-12-11-18(21)15-19/h3-8,11-12,15,27H,9-10,13-14H2,1-2H3,(H,25,28). The fourth-order valence-corrected chi connectivity index (χ4v) is 3.21. The Balaban J connectivity index is 1.61. The molecule has 2 aromatic carbocycles. The van der Waals surface area contributed by atoms with Crippen LogP contribution in [-0.2, 0) is 9.59 Å². The molecule has 6 nitrogen and oxygen atoms in total. The Bertz CT molecular complexity index is 1020. The predicted molar refractivity (Wildman–Crippen MR) is 115 cm³/mol. The molecule has 0 aliphatic heterocycles. The summed E-state index contributed by atoms with van der Waals surface area (Å²) in [5.41, 5.74) is 3.43. The summed E-state index contributed by atoms with van der Waals surface area (Å²) < 4.78 is 0. The summed E-state index contributed by atoms with van der Waals surface area (Å²) in [6.45, 7) is 3.97. The van der Waals surface area contributed by atoms with E-state index in [2.05, 4.69) is 10.3 Å². The first-order valence-electron chi connectivity index (χ1n) is 9.61. The van der Waals surface area contributed by atoms with E-state index in [4.69, 9.17) is 0 Å². The summed E-state index contributed by atoms with van der Waals surface area (Å²) in [5, 5.41) is 14.2. The van der Waals surface area contributed by atoms with Crippen LogP contribution in [0, 0.1) is 13.8 Å². The van der Waals surface area contributed by atoms with Crippen molar-refractivity contribution in [1.82, 2.24) is 4.98 Å². The van der Waals surface area contributed by atoms with E-state index in [0.29, 0.717) is 11.4 Å². The Morgan fingerprint density at radius 1 is 1.03 bits per heavy atom. The van der Waals surface area contributed by atoms with E-state index in [-0.39, 0.29) is 37.8 Å². The third kappa shape index (κ3) is 5.18. The number of carbonyl (C=O) groups is 2. The van der Waals surface area contributed by atoms with Gasteiger partial charge >= 0.3 is 0 Å². The fraction of sp³-hybridized carbons (Fsp3) is 0.261. The van der Waals surface area contributed by atoms with Crippen molar-refractivity contribution in [2.75, 3.05) is 23.4 Å². The van der Waals surface area contributed by atoms with E-state index in [9.17, 15) is 14.7 Å². The first-order chi connectivity index (χ1) is 14.0. The van der Waals surface area contributed by atoms with Gasteiger partial charge in [0.25, 0.3) is 0 Å². The monoisotopic (exact) mass is 391 g/mol. The SMILES string of the molecule is Cc1ccc(N(CCO)C(=O)CCC(=O)Nc2ccc3c(C)nccc3c2)cc1. The lowest BCUT2D eigenvalue weighted by Gasteiger charge is -2.22. The molecular weight excluding hydrogens is 366 g/mol. The first-order valence-corrected chi connectivity index (χ1v) is 9.61. The quantitative estimate of drug-likeness (QED) is 0.645. The number of hydrogen-bond acceptors (Lipinski definition) is 4. The molecule has 2 N–H and O–H groups in total. The third-order valence-corrected chi connectivity index (χ3v) is 4.78. The summed E-state index contributed by atoms with van der Waals surface area (Å²) >= 11 is 0. The van der Waals surface area contributed by atoms with Gasteiger partial charge in [-0.1, -0.05) is 23.8 Å². The molecule has 0 radical (unpaired) electrons. The number of rotatable bonds is 7. The van der Waals surface area contributed by atoms with Crippen molar-refractivity contribution in [2.24, 2.45) is 0 Å². The number of benzene rings is 2. The number of fused-ring (bicyclic) bond motifs is 1. The fourth-order valence-electron chi connectivity index (χ4n) is 3.21. The largest absolute Gasteiger partial charge is 0.395 e. The average Bonchev–Trinajstić information content (AvgIpc) is 2.71. The van der Waals surface area contributed by atoms with Gasteiger partial charge < -0.3 is 15.3 Å². The second-order valence-electron chi connectivity index (χ2n) is 6.98. The smallest absolute Gasteiger partial charge is 0.227 e. The van der Waals surface area contributed by atoms with E-state index >= 15 is 0 Å². The molecule has 6 heteroatoms. The second-order valence-corrected chi connectivity index (χ2v) is 6.98. The molecule has 0 aliphatic carbocycles. The number of amides is 2. The van der Waals surface area contributed by atoms with E-state index in [0.717, 1.165) is 22.0 Å². The van der Waals surface area contributed by atoms with E-state index in [1.807, 2.05) is 62.4 Å². The van der Waals surface area contributed by atoms with Crippen LogP contribution in [0.1, 0.15) is 24.1 Å². The lowest BCUT2D eigenvalue weighted by molar-refractivity contribution is -0.122. The zero-order valence-corrected chi connectivity index (χ0v) is 16.7.